The Balaban J connectivity index is 1.25. The van der Waals surface area contributed by atoms with Gasteiger partial charge in [-0.25, -0.2) is 19.7 Å². The highest BCUT2D eigenvalue weighted by molar-refractivity contribution is 6.07. The molecular formula is C35H40N6O5. The molecule has 0 radical (unpaired) electrons. The molecule has 1 unspecified atom stereocenters. The lowest BCUT2D eigenvalue weighted by Crippen LogP contribution is -2.47. The molecule has 240 valence electrons. The van der Waals surface area contributed by atoms with E-state index in [2.05, 4.69) is 15.3 Å². The number of amides is 2. The van der Waals surface area contributed by atoms with E-state index in [-0.39, 0.29) is 30.6 Å². The van der Waals surface area contributed by atoms with E-state index in [0.29, 0.717) is 54.9 Å². The number of carbonyl (C=O) groups excluding carboxylic acids is 2. The molecule has 2 aromatic heterocycles. The van der Waals surface area contributed by atoms with Crippen LogP contribution in [0.5, 0.6) is 11.6 Å². The number of pyridine rings is 1. The first-order chi connectivity index (χ1) is 22.1. The van der Waals surface area contributed by atoms with E-state index in [1.165, 1.54) is 0 Å². The number of nitrogens with one attached hydrogen (secondary N) is 1. The molecule has 2 aliphatic heterocycles. The van der Waals surface area contributed by atoms with Gasteiger partial charge in [-0.15, -0.1) is 0 Å². The minimum atomic E-state index is -0.553. The fourth-order valence-electron chi connectivity index (χ4n) is 6.05. The first-order valence-corrected chi connectivity index (χ1v) is 15.8. The Morgan fingerprint density at radius 3 is 2.65 bits per heavy atom. The molecule has 2 atom stereocenters. The van der Waals surface area contributed by atoms with Crippen molar-refractivity contribution in [3.8, 4) is 22.9 Å². The van der Waals surface area contributed by atoms with Crippen LogP contribution in [0.15, 0.2) is 60.9 Å². The highest BCUT2D eigenvalue weighted by Crippen LogP contribution is 2.40. The van der Waals surface area contributed by atoms with E-state index in [0.717, 1.165) is 34.9 Å². The maximum Gasteiger partial charge on any atom is 0.410 e. The average Bonchev–Trinajstić information content (AvgIpc) is 3.41. The van der Waals surface area contributed by atoms with E-state index < -0.39 is 5.60 Å². The lowest BCUT2D eigenvalue weighted by molar-refractivity contribution is -0.121. The summed E-state index contributed by atoms with van der Waals surface area (Å²) in [7, 11) is 0. The Kier molecular flexibility index (Phi) is 8.77. The van der Waals surface area contributed by atoms with Gasteiger partial charge >= 0.3 is 6.09 Å². The van der Waals surface area contributed by atoms with Crippen molar-refractivity contribution in [3.05, 3.63) is 66.5 Å². The van der Waals surface area contributed by atoms with Crippen LogP contribution in [0.25, 0.3) is 22.0 Å². The van der Waals surface area contributed by atoms with Crippen LogP contribution in [0.2, 0.25) is 0 Å². The minimum absolute atomic E-state index is 0.0242. The van der Waals surface area contributed by atoms with Crippen molar-refractivity contribution in [2.75, 3.05) is 36.5 Å². The van der Waals surface area contributed by atoms with E-state index >= 15 is 0 Å². The maximum absolute atomic E-state index is 13.0. The number of carbonyl (C=O) groups is 2. The number of rotatable bonds is 7. The molecule has 0 saturated carbocycles. The number of anilines is 2. The number of hydrogen-bond donors (Lipinski definition) is 2. The summed E-state index contributed by atoms with van der Waals surface area (Å²) in [5.74, 6) is 1.04. The third kappa shape index (κ3) is 6.60. The predicted octanol–water partition coefficient (Wildman–Crippen LogP) is 5.95. The number of hydrogen-bond acceptors (Lipinski definition) is 9. The highest BCUT2D eigenvalue weighted by atomic mass is 16.6. The number of likely N-dealkylation sites (tertiary alicyclic amines) is 1. The number of aliphatic hydroxyl groups is 1. The number of aryl methyl sites for hydroxylation is 1. The number of nitrogens with zero attached hydrogens (tertiary/aromatic N) is 5. The summed E-state index contributed by atoms with van der Waals surface area (Å²) in [4.78, 5) is 42.9. The van der Waals surface area contributed by atoms with Gasteiger partial charge in [0.1, 0.15) is 11.4 Å². The van der Waals surface area contributed by atoms with Crippen molar-refractivity contribution < 1.29 is 24.2 Å². The number of fused-ring (bicyclic) bond motifs is 1. The van der Waals surface area contributed by atoms with Crippen LogP contribution < -0.4 is 15.0 Å². The fourth-order valence-corrected chi connectivity index (χ4v) is 6.05. The maximum atomic E-state index is 13.0. The van der Waals surface area contributed by atoms with Crippen molar-refractivity contribution in [3.63, 3.8) is 0 Å². The zero-order valence-electron chi connectivity index (χ0n) is 26.7. The Bertz CT molecular complexity index is 1760. The number of ether oxygens (including phenoxy) is 2. The van der Waals surface area contributed by atoms with Gasteiger partial charge in [-0.3, -0.25) is 4.79 Å². The molecule has 2 aromatic carbocycles. The highest BCUT2D eigenvalue weighted by Gasteiger charge is 2.33. The monoisotopic (exact) mass is 624 g/mol. The van der Waals surface area contributed by atoms with Crippen LogP contribution >= 0.6 is 0 Å². The number of piperidine rings is 1. The molecule has 0 bridgehead atoms. The summed E-state index contributed by atoms with van der Waals surface area (Å²) in [5.41, 5.74) is 2.49. The predicted molar refractivity (Wildman–Crippen MR) is 176 cm³/mol. The summed E-state index contributed by atoms with van der Waals surface area (Å²) >= 11 is 0. The number of aromatic nitrogens is 3. The van der Waals surface area contributed by atoms with Crippen molar-refractivity contribution >= 4 is 34.4 Å². The minimum Gasteiger partial charge on any atom is -0.444 e. The summed E-state index contributed by atoms with van der Waals surface area (Å²) in [5, 5.41) is 14.8. The number of benzene rings is 2. The molecule has 2 saturated heterocycles. The van der Waals surface area contributed by atoms with Gasteiger partial charge < -0.3 is 29.7 Å². The molecule has 4 heterocycles. The van der Waals surface area contributed by atoms with Gasteiger partial charge in [0.15, 0.2) is 0 Å². The van der Waals surface area contributed by atoms with Crippen LogP contribution in [0.4, 0.5) is 16.4 Å². The van der Waals surface area contributed by atoms with Crippen LogP contribution in [0.3, 0.4) is 0 Å². The molecule has 11 heteroatoms. The largest absolute Gasteiger partial charge is 0.444 e. The van der Waals surface area contributed by atoms with Gasteiger partial charge in [0.05, 0.1) is 29.5 Å². The van der Waals surface area contributed by atoms with Gasteiger partial charge in [0, 0.05) is 48.8 Å². The molecule has 0 aliphatic carbocycles. The Morgan fingerprint density at radius 2 is 1.87 bits per heavy atom. The molecule has 4 aromatic rings. The van der Waals surface area contributed by atoms with E-state index in [1.54, 1.807) is 22.2 Å². The van der Waals surface area contributed by atoms with Gasteiger partial charge in [-0.2, -0.15) is 0 Å². The van der Waals surface area contributed by atoms with Crippen molar-refractivity contribution in [1.82, 2.24) is 19.9 Å². The lowest BCUT2D eigenvalue weighted by atomic mass is 10.0. The summed E-state index contributed by atoms with van der Waals surface area (Å²) in [6, 6.07) is 15.3. The van der Waals surface area contributed by atoms with E-state index in [9.17, 15) is 14.7 Å². The summed E-state index contributed by atoms with van der Waals surface area (Å²) < 4.78 is 12.1. The van der Waals surface area contributed by atoms with Gasteiger partial charge in [0.2, 0.25) is 17.7 Å². The molecule has 46 heavy (non-hydrogen) atoms. The van der Waals surface area contributed by atoms with Gasteiger partial charge in [-0.1, -0.05) is 24.3 Å². The summed E-state index contributed by atoms with van der Waals surface area (Å²) in [6.45, 7) is 9.12. The Morgan fingerprint density at radius 1 is 1.02 bits per heavy atom. The Labute approximate surface area is 268 Å². The van der Waals surface area contributed by atoms with Gasteiger partial charge in [-0.05, 0) is 76.8 Å². The zero-order valence-corrected chi connectivity index (χ0v) is 26.7. The SMILES string of the molecule is Cc1ccc2c(N3CCC(CO)C3=O)cccc2c1Oc1ncccc1-c1ccnc(N[C@H]2CCCN(C(=O)OC(C)(C)C)C2)n1. The normalized spacial score (nSPS) is 18.6. The molecular weight excluding hydrogens is 584 g/mol. The summed E-state index contributed by atoms with van der Waals surface area (Å²) in [6.07, 6.45) is 5.39. The van der Waals surface area contributed by atoms with Crippen LogP contribution in [-0.4, -0.2) is 74.8 Å². The van der Waals surface area contributed by atoms with Crippen molar-refractivity contribution in [1.29, 1.82) is 0 Å². The second-order valence-corrected chi connectivity index (χ2v) is 12.9. The molecule has 2 amide bonds. The Hall–Kier alpha value is -4.77. The molecule has 2 N–H and O–H groups in total. The van der Waals surface area contributed by atoms with Crippen molar-refractivity contribution in [2.45, 2.75) is 58.6 Å². The van der Waals surface area contributed by atoms with Gasteiger partial charge in [0.25, 0.3) is 0 Å². The number of aliphatic hydroxyl groups excluding tert-OH is 1. The average molecular weight is 625 g/mol. The van der Waals surface area contributed by atoms with Crippen LogP contribution in [0.1, 0.15) is 45.6 Å². The van der Waals surface area contributed by atoms with Crippen LogP contribution in [0, 0.1) is 12.8 Å². The van der Waals surface area contributed by atoms with E-state index in [4.69, 9.17) is 14.5 Å². The first kappa shape index (κ1) is 31.2. The quantitative estimate of drug-likeness (QED) is 0.256. The third-order valence-corrected chi connectivity index (χ3v) is 8.32. The second-order valence-electron chi connectivity index (χ2n) is 12.9. The fraction of sp³-hybridized carbons (Fsp3) is 0.400. The molecule has 0 spiro atoms. The topological polar surface area (TPSA) is 130 Å². The first-order valence-electron chi connectivity index (χ1n) is 15.8. The van der Waals surface area contributed by atoms with E-state index in [1.807, 2.05) is 76.2 Å². The van der Waals surface area contributed by atoms with Crippen LogP contribution in [-0.2, 0) is 9.53 Å². The molecule has 11 nitrogen and oxygen atoms in total. The third-order valence-electron chi connectivity index (χ3n) is 8.32. The van der Waals surface area contributed by atoms with Crippen molar-refractivity contribution in [2.24, 2.45) is 5.92 Å². The smallest absolute Gasteiger partial charge is 0.410 e. The lowest BCUT2D eigenvalue weighted by Gasteiger charge is -2.34. The zero-order chi connectivity index (χ0) is 32.4. The standard InChI is InChI=1S/C35H40N6O5/c1-22-12-13-25-26(9-5-11-29(25)41-19-15-23(21-42)32(41)43)30(22)45-31-27(10-6-16-36-31)28-14-17-37-33(39-28)38-24-8-7-18-40(20-24)34(44)46-35(2,3)4/h5-6,9-14,16-17,23-24,42H,7-8,15,18-21H2,1-4H3,(H,37,38,39)/t23?,24-/m0/s1. The molecule has 2 aliphatic rings. The molecule has 2 fully saturated rings. The molecule has 6 rings (SSSR count). The second kappa shape index (κ2) is 12.9.